The molecule has 3 rings (SSSR count). The number of likely N-dealkylation sites (tertiary alicyclic amines) is 1. The van der Waals surface area contributed by atoms with Crippen molar-refractivity contribution < 1.29 is 33.6 Å². The van der Waals surface area contributed by atoms with Gasteiger partial charge in [-0.2, -0.15) is 0 Å². The molecule has 0 spiro atoms. The van der Waals surface area contributed by atoms with E-state index in [1.54, 1.807) is 24.8 Å². The molecule has 1 aromatic carbocycles. The number of ether oxygens (including phenoxy) is 3. The van der Waals surface area contributed by atoms with Crippen molar-refractivity contribution in [1.82, 2.24) is 9.80 Å². The minimum absolute atomic E-state index is 0.0103. The summed E-state index contributed by atoms with van der Waals surface area (Å²) in [6, 6.07) is 4.46. The normalized spacial score (nSPS) is 24.5. The molecule has 0 radical (unpaired) electrons. The molecule has 2 aliphatic rings. The van der Waals surface area contributed by atoms with Crippen LogP contribution in [-0.2, 0) is 9.47 Å². The van der Waals surface area contributed by atoms with E-state index < -0.39 is 11.2 Å². The number of nitrogens with zero attached hydrogens (tertiary/aromatic N) is 2. The third-order valence-electron chi connectivity index (χ3n) is 5.82. The van der Waals surface area contributed by atoms with Gasteiger partial charge < -0.3 is 29.3 Å². The summed E-state index contributed by atoms with van der Waals surface area (Å²) in [6.07, 6.45) is 0.523. The lowest BCUT2D eigenvalue weighted by Crippen LogP contribution is -2.55. The van der Waals surface area contributed by atoms with Crippen LogP contribution in [-0.4, -0.2) is 96.5 Å². The number of β-amino-alcohol motifs (C(OH)–C–C–N with tert-alkyl or cyclic N) is 2. The first-order chi connectivity index (χ1) is 14.7. The summed E-state index contributed by atoms with van der Waals surface area (Å²) in [4.78, 5) is 15.5. The van der Waals surface area contributed by atoms with Gasteiger partial charge >= 0.3 is 6.09 Å². The van der Waals surface area contributed by atoms with Gasteiger partial charge in [0.2, 0.25) is 0 Å². The van der Waals surface area contributed by atoms with E-state index in [1.165, 1.54) is 12.1 Å². The lowest BCUT2D eigenvalue weighted by Gasteiger charge is -2.41. The molecule has 1 atom stereocenters. The largest absolute Gasteiger partial charge is 0.490 e. The molecule has 0 saturated carbocycles. The van der Waals surface area contributed by atoms with E-state index in [4.69, 9.17) is 14.2 Å². The van der Waals surface area contributed by atoms with Crippen molar-refractivity contribution in [2.45, 2.75) is 37.9 Å². The number of piperidine rings is 1. The molecule has 9 heteroatoms. The van der Waals surface area contributed by atoms with E-state index in [9.17, 15) is 19.4 Å². The summed E-state index contributed by atoms with van der Waals surface area (Å²) in [5.74, 6) is 0.172. The van der Waals surface area contributed by atoms with E-state index in [0.29, 0.717) is 63.5 Å². The molecule has 31 heavy (non-hydrogen) atoms. The fraction of sp³-hybridized carbons (Fsp3) is 0.682. The molecule has 0 bridgehead atoms. The van der Waals surface area contributed by atoms with Crippen LogP contribution in [0.4, 0.5) is 9.18 Å². The van der Waals surface area contributed by atoms with Gasteiger partial charge in [-0.05, 0) is 50.5 Å². The van der Waals surface area contributed by atoms with Crippen LogP contribution in [0.1, 0.15) is 25.3 Å². The minimum Gasteiger partial charge on any atom is -0.490 e. The zero-order chi connectivity index (χ0) is 22.5. The number of hydrogen-bond acceptors (Lipinski definition) is 7. The van der Waals surface area contributed by atoms with Gasteiger partial charge in [0, 0.05) is 32.7 Å². The molecule has 8 nitrogen and oxygen atoms in total. The lowest BCUT2D eigenvalue weighted by atomic mass is 9.90. The number of rotatable bonds is 6. The van der Waals surface area contributed by atoms with Crippen molar-refractivity contribution in [3.05, 3.63) is 29.6 Å². The van der Waals surface area contributed by atoms with E-state index in [2.05, 4.69) is 0 Å². The molecule has 2 saturated heterocycles. The van der Waals surface area contributed by atoms with Crippen LogP contribution in [0.15, 0.2) is 18.2 Å². The first kappa shape index (κ1) is 23.7. The van der Waals surface area contributed by atoms with Gasteiger partial charge in [-0.3, -0.25) is 4.90 Å². The summed E-state index contributed by atoms with van der Waals surface area (Å²) < 4.78 is 29.8. The Hall–Kier alpha value is -1.94. The quantitative estimate of drug-likeness (QED) is 0.694. The Balaban J connectivity index is 1.55. The summed E-state index contributed by atoms with van der Waals surface area (Å²) in [6.45, 7) is 6.35. The first-order valence-corrected chi connectivity index (χ1v) is 10.8. The second-order valence-corrected chi connectivity index (χ2v) is 8.60. The number of benzene rings is 1. The zero-order valence-electron chi connectivity index (χ0n) is 18.3. The molecular formula is C22H33FN2O6. The molecule has 2 heterocycles. The van der Waals surface area contributed by atoms with E-state index in [0.717, 1.165) is 0 Å². The van der Waals surface area contributed by atoms with Crippen LogP contribution >= 0.6 is 0 Å². The summed E-state index contributed by atoms with van der Waals surface area (Å²) >= 11 is 0. The fourth-order valence-corrected chi connectivity index (χ4v) is 4.04. The Bertz CT molecular complexity index is 756. The molecule has 174 valence electrons. The van der Waals surface area contributed by atoms with Crippen LogP contribution in [0.3, 0.4) is 0 Å². The van der Waals surface area contributed by atoms with E-state index >= 15 is 0 Å². The predicted octanol–water partition coefficient (Wildman–Crippen LogP) is 1.56. The van der Waals surface area contributed by atoms with Crippen LogP contribution in [0.2, 0.25) is 0 Å². The average molecular weight is 441 g/mol. The summed E-state index contributed by atoms with van der Waals surface area (Å²) in [5.41, 5.74) is -1.75. The van der Waals surface area contributed by atoms with Gasteiger partial charge in [-0.25, -0.2) is 9.18 Å². The summed E-state index contributed by atoms with van der Waals surface area (Å²) in [5, 5.41) is 22.1. The second kappa shape index (κ2) is 10.1. The average Bonchev–Trinajstić information content (AvgIpc) is 2.90. The highest BCUT2D eigenvalue weighted by Crippen LogP contribution is 2.26. The van der Waals surface area contributed by atoms with Crippen molar-refractivity contribution in [1.29, 1.82) is 0 Å². The van der Waals surface area contributed by atoms with Gasteiger partial charge in [0.15, 0.2) is 0 Å². The Kier molecular flexibility index (Phi) is 7.74. The molecule has 0 aliphatic carbocycles. The van der Waals surface area contributed by atoms with Gasteiger partial charge in [-0.15, -0.1) is 0 Å². The molecule has 2 aliphatic heterocycles. The number of aryl methyl sites for hydroxylation is 1. The molecule has 2 N–H and O–H groups in total. The van der Waals surface area contributed by atoms with Crippen molar-refractivity contribution >= 4 is 6.09 Å². The van der Waals surface area contributed by atoms with E-state index in [-0.39, 0.29) is 31.7 Å². The first-order valence-electron chi connectivity index (χ1n) is 10.8. The van der Waals surface area contributed by atoms with E-state index in [1.807, 2.05) is 4.90 Å². The standard InChI is InChI=1S/C22H33FN2O6/c1-3-30-20(26)25-8-6-21(27,7-9-25)13-24-10-11-29-15-22(28,14-24)16-31-18-4-5-19(23)17(2)12-18/h4-5,12,27-28H,3,6-11,13-16H2,1-2H3/t22-/m0/s1. The minimum atomic E-state index is -1.26. The van der Waals surface area contributed by atoms with Gasteiger partial charge in [-0.1, -0.05) is 0 Å². The molecule has 1 aromatic rings. The summed E-state index contributed by atoms with van der Waals surface area (Å²) in [7, 11) is 0. The highest BCUT2D eigenvalue weighted by molar-refractivity contribution is 5.67. The Morgan fingerprint density at radius 3 is 2.65 bits per heavy atom. The third-order valence-corrected chi connectivity index (χ3v) is 5.82. The van der Waals surface area contributed by atoms with Gasteiger partial charge in [0.05, 0.1) is 25.4 Å². The highest BCUT2D eigenvalue weighted by atomic mass is 19.1. The number of amides is 1. The predicted molar refractivity (Wildman–Crippen MR) is 112 cm³/mol. The van der Waals surface area contributed by atoms with Crippen LogP contribution < -0.4 is 4.74 Å². The smallest absolute Gasteiger partial charge is 0.409 e. The Morgan fingerprint density at radius 1 is 1.23 bits per heavy atom. The third kappa shape index (κ3) is 6.52. The molecule has 0 unspecified atom stereocenters. The van der Waals surface area contributed by atoms with Crippen molar-refractivity contribution in [2.24, 2.45) is 0 Å². The number of hydrogen-bond donors (Lipinski definition) is 2. The number of halogens is 1. The molecule has 1 amide bonds. The number of carbonyl (C=O) groups excluding carboxylic acids is 1. The SMILES string of the molecule is CCOC(=O)N1CCC(O)(CN2CCOC[C@](O)(COc3ccc(F)c(C)c3)C2)CC1. The van der Waals surface area contributed by atoms with Crippen LogP contribution in [0.5, 0.6) is 5.75 Å². The maximum absolute atomic E-state index is 13.5. The number of carbonyl (C=O) groups is 1. The van der Waals surface area contributed by atoms with Crippen molar-refractivity contribution in [2.75, 3.05) is 59.2 Å². The molecule has 0 aromatic heterocycles. The van der Waals surface area contributed by atoms with Crippen LogP contribution in [0, 0.1) is 12.7 Å². The molecule has 2 fully saturated rings. The topological polar surface area (TPSA) is 91.7 Å². The number of aliphatic hydroxyl groups is 2. The van der Waals surface area contributed by atoms with Crippen molar-refractivity contribution in [3.63, 3.8) is 0 Å². The monoisotopic (exact) mass is 440 g/mol. The van der Waals surface area contributed by atoms with Gasteiger partial charge in [0.25, 0.3) is 0 Å². The Morgan fingerprint density at radius 2 is 1.97 bits per heavy atom. The van der Waals surface area contributed by atoms with Gasteiger partial charge in [0.1, 0.15) is 23.8 Å². The zero-order valence-corrected chi connectivity index (χ0v) is 18.3. The lowest BCUT2D eigenvalue weighted by molar-refractivity contribution is -0.0790. The maximum Gasteiger partial charge on any atom is 0.409 e. The second-order valence-electron chi connectivity index (χ2n) is 8.60. The fourth-order valence-electron chi connectivity index (χ4n) is 4.04. The highest BCUT2D eigenvalue weighted by Gasteiger charge is 2.39. The molecular weight excluding hydrogens is 407 g/mol. The van der Waals surface area contributed by atoms with Crippen molar-refractivity contribution in [3.8, 4) is 5.75 Å². The maximum atomic E-state index is 13.5. The Labute approximate surface area is 182 Å². The van der Waals surface area contributed by atoms with Crippen LogP contribution in [0.25, 0.3) is 0 Å².